The normalized spacial score (nSPS) is 10.3. The number of nitrogens with one attached hydrogen (secondary N) is 1. The average Bonchev–Trinajstić information content (AvgIpc) is 2.31. The molecular weight excluding hydrogens is 351 g/mol. The lowest BCUT2D eigenvalue weighted by Gasteiger charge is -2.08. The van der Waals surface area contributed by atoms with Gasteiger partial charge >= 0.3 is 0 Å². The molecule has 1 N–H and O–H groups in total. The van der Waals surface area contributed by atoms with Crippen molar-refractivity contribution < 1.29 is 4.79 Å². The van der Waals surface area contributed by atoms with E-state index in [4.69, 9.17) is 23.2 Å². The molecule has 0 spiro atoms. The lowest BCUT2D eigenvalue weighted by molar-refractivity contribution is 0.102. The molecule has 0 aliphatic heterocycles. The van der Waals surface area contributed by atoms with E-state index in [2.05, 4.69) is 26.2 Å². The molecule has 0 aliphatic carbocycles. The Morgan fingerprint density at radius 3 is 2.63 bits per heavy atom. The predicted molar refractivity (Wildman–Crippen MR) is 81.1 cm³/mol. The fraction of sp³-hybridized carbons (Fsp3) is 0.0769. The van der Waals surface area contributed by atoms with Crippen LogP contribution in [0.5, 0.6) is 0 Å². The van der Waals surface area contributed by atoms with Gasteiger partial charge in [-0.15, -0.1) is 0 Å². The Morgan fingerprint density at radius 2 is 2.00 bits per heavy atom. The van der Waals surface area contributed by atoms with Crippen LogP contribution >= 0.6 is 39.1 Å². The van der Waals surface area contributed by atoms with Crippen LogP contribution in [0.4, 0.5) is 5.69 Å². The Labute approximate surface area is 129 Å². The van der Waals surface area contributed by atoms with E-state index in [1.807, 2.05) is 6.92 Å². The Balaban J connectivity index is 2.25. The van der Waals surface area contributed by atoms with E-state index in [0.29, 0.717) is 21.4 Å². The molecule has 0 unspecified atom stereocenters. The highest BCUT2D eigenvalue weighted by Gasteiger charge is 2.10. The number of nitrogens with zero attached hydrogens (tertiary/aromatic N) is 1. The third kappa shape index (κ3) is 3.69. The van der Waals surface area contributed by atoms with Gasteiger partial charge in [-0.1, -0.05) is 39.1 Å². The fourth-order valence-corrected chi connectivity index (χ4v) is 2.60. The number of rotatable bonds is 2. The highest BCUT2D eigenvalue weighted by atomic mass is 79.9. The van der Waals surface area contributed by atoms with Crippen LogP contribution in [0.3, 0.4) is 0 Å². The Hall–Kier alpha value is -1.10. The van der Waals surface area contributed by atoms with Crippen molar-refractivity contribution in [2.75, 3.05) is 5.32 Å². The van der Waals surface area contributed by atoms with Gasteiger partial charge in [-0.2, -0.15) is 0 Å². The van der Waals surface area contributed by atoms with Gasteiger partial charge in [-0.25, -0.2) is 4.98 Å². The number of carbonyl (C=O) groups excluding carboxylic acids is 1. The number of pyridine rings is 1. The van der Waals surface area contributed by atoms with Crippen molar-refractivity contribution in [1.82, 2.24) is 4.98 Å². The highest BCUT2D eigenvalue weighted by molar-refractivity contribution is 9.10. The van der Waals surface area contributed by atoms with E-state index >= 15 is 0 Å². The molecule has 0 atom stereocenters. The van der Waals surface area contributed by atoms with E-state index in [9.17, 15) is 4.79 Å². The van der Waals surface area contributed by atoms with Crippen LogP contribution in [0.1, 0.15) is 15.9 Å². The van der Waals surface area contributed by atoms with Crippen molar-refractivity contribution in [1.29, 1.82) is 0 Å². The molecule has 0 fully saturated rings. The van der Waals surface area contributed by atoms with E-state index in [0.717, 1.165) is 10.0 Å². The van der Waals surface area contributed by atoms with Crippen molar-refractivity contribution >= 4 is 50.7 Å². The van der Waals surface area contributed by atoms with Crippen LogP contribution in [0, 0.1) is 6.92 Å². The summed E-state index contributed by atoms with van der Waals surface area (Å²) in [6.45, 7) is 1.84. The van der Waals surface area contributed by atoms with Gasteiger partial charge in [0.15, 0.2) is 0 Å². The molecule has 1 amide bonds. The topological polar surface area (TPSA) is 42.0 Å². The number of carbonyl (C=O) groups is 1. The SMILES string of the molecule is Cc1cc(Cl)ncc1NC(=O)c1cc(Cl)cc(Br)c1. The summed E-state index contributed by atoms with van der Waals surface area (Å²) in [5.74, 6) is -0.254. The summed E-state index contributed by atoms with van der Waals surface area (Å²) in [6.07, 6.45) is 1.52. The molecule has 3 nitrogen and oxygen atoms in total. The van der Waals surface area contributed by atoms with E-state index in [-0.39, 0.29) is 5.91 Å². The monoisotopic (exact) mass is 358 g/mol. The lowest BCUT2D eigenvalue weighted by Crippen LogP contribution is -2.13. The van der Waals surface area contributed by atoms with Crippen molar-refractivity contribution in [3.05, 3.63) is 56.2 Å². The van der Waals surface area contributed by atoms with Crippen LogP contribution in [0.2, 0.25) is 10.2 Å². The second kappa shape index (κ2) is 5.90. The first-order chi connectivity index (χ1) is 8.95. The minimum absolute atomic E-state index is 0.254. The molecule has 0 saturated heterocycles. The zero-order chi connectivity index (χ0) is 14.0. The Kier molecular flexibility index (Phi) is 4.45. The van der Waals surface area contributed by atoms with Crippen LogP contribution in [0.25, 0.3) is 0 Å². The van der Waals surface area contributed by atoms with Crippen LogP contribution in [0.15, 0.2) is 34.9 Å². The maximum atomic E-state index is 12.1. The van der Waals surface area contributed by atoms with Crippen molar-refractivity contribution in [2.45, 2.75) is 6.92 Å². The summed E-state index contributed by atoms with van der Waals surface area (Å²) >= 11 is 15.0. The van der Waals surface area contributed by atoms with Gasteiger partial charge in [0.25, 0.3) is 5.91 Å². The van der Waals surface area contributed by atoms with E-state index < -0.39 is 0 Å². The second-order valence-corrected chi connectivity index (χ2v) is 5.67. The van der Waals surface area contributed by atoms with Gasteiger partial charge in [0.05, 0.1) is 11.9 Å². The predicted octanol–water partition coefficient (Wildman–Crippen LogP) is 4.71. The standard InChI is InChI=1S/C13H9BrCl2N2O/c1-7-2-12(16)17-6-11(7)18-13(19)8-3-9(14)5-10(15)4-8/h2-6H,1H3,(H,18,19). The molecule has 0 saturated carbocycles. The van der Waals surface area contributed by atoms with Crippen molar-refractivity contribution in [3.63, 3.8) is 0 Å². The van der Waals surface area contributed by atoms with Crippen molar-refractivity contribution in [2.24, 2.45) is 0 Å². The van der Waals surface area contributed by atoms with Gasteiger partial charge in [0, 0.05) is 15.1 Å². The molecule has 0 aliphatic rings. The van der Waals surface area contributed by atoms with Gasteiger partial charge in [0.2, 0.25) is 0 Å². The third-order valence-corrected chi connectivity index (χ3v) is 3.33. The van der Waals surface area contributed by atoms with Crippen LogP contribution in [-0.4, -0.2) is 10.9 Å². The maximum absolute atomic E-state index is 12.1. The molecule has 6 heteroatoms. The Bertz CT molecular complexity index is 626. The molecule has 0 bridgehead atoms. The molecule has 98 valence electrons. The zero-order valence-corrected chi connectivity index (χ0v) is 13.0. The summed E-state index contributed by atoms with van der Waals surface area (Å²) in [5, 5.41) is 3.65. The summed E-state index contributed by atoms with van der Waals surface area (Å²) in [6, 6.07) is 6.69. The van der Waals surface area contributed by atoms with Gasteiger partial charge < -0.3 is 5.32 Å². The minimum Gasteiger partial charge on any atom is -0.320 e. The zero-order valence-electron chi connectivity index (χ0n) is 9.88. The average molecular weight is 360 g/mol. The molecule has 1 heterocycles. The Morgan fingerprint density at radius 1 is 1.26 bits per heavy atom. The number of aromatic nitrogens is 1. The smallest absolute Gasteiger partial charge is 0.255 e. The molecule has 2 rings (SSSR count). The van der Waals surface area contributed by atoms with Crippen molar-refractivity contribution in [3.8, 4) is 0 Å². The lowest BCUT2D eigenvalue weighted by atomic mass is 10.2. The summed E-state index contributed by atoms with van der Waals surface area (Å²) in [4.78, 5) is 16.0. The molecule has 2 aromatic rings. The van der Waals surface area contributed by atoms with E-state index in [1.54, 1.807) is 24.3 Å². The highest BCUT2D eigenvalue weighted by Crippen LogP contribution is 2.22. The summed E-state index contributed by atoms with van der Waals surface area (Å²) in [5.41, 5.74) is 1.92. The van der Waals surface area contributed by atoms with Crippen LogP contribution < -0.4 is 5.32 Å². The van der Waals surface area contributed by atoms with Gasteiger partial charge in [0.1, 0.15) is 5.15 Å². The number of aryl methyl sites for hydroxylation is 1. The van der Waals surface area contributed by atoms with Gasteiger partial charge in [-0.05, 0) is 36.8 Å². The first kappa shape index (κ1) is 14.3. The summed E-state index contributed by atoms with van der Waals surface area (Å²) < 4.78 is 0.746. The summed E-state index contributed by atoms with van der Waals surface area (Å²) in [7, 11) is 0. The third-order valence-electron chi connectivity index (χ3n) is 2.45. The number of halogens is 3. The first-order valence-corrected chi connectivity index (χ1v) is 6.90. The number of amides is 1. The van der Waals surface area contributed by atoms with Gasteiger partial charge in [-0.3, -0.25) is 4.79 Å². The van der Waals surface area contributed by atoms with Crippen LogP contribution in [-0.2, 0) is 0 Å². The molecule has 0 radical (unpaired) electrons. The number of hydrogen-bond acceptors (Lipinski definition) is 2. The quantitative estimate of drug-likeness (QED) is 0.789. The minimum atomic E-state index is -0.254. The molecule has 1 aromatic heterocycles. The molecule has 19 heavy (non-hydrogen) atoms. The number of hydrogen-bond donors (Lipinski definition) is 1. The van der Waals surface area contributed by atoms with E-state index in [1.165, 1.54) is 6.20 Å². The molecule has 1 aromatic carbocycles. The fourth-order valence-electron chi connectivity index (χ4n) is 1.53. The number of anilines is 1. The maximum Gasteiger partial charge on any atom is 0.255 e. The second-order valence-electron chi connectivity index (χ2n) is 3.93. The number of benzene rings is 1. The largest absolute Gasteiger partial charge is 0.320 e. The first-order valence-electron chi connectivity index (χ1n) is 5.35. The molecular formula is C13H9BrCl2N2O.